The quantitative estimate of drug-likeness (QED) is 0.675. The molecular weight excluding hydrogens is 170 g/mol. The maximum atomic E-state index is 11.2. The molecule has 0 unspecified atom stereocenters. The number of aromatic nitrogens is 2. The van der Waals surface area contributed by atoms with Crippen LogP contribution in [0, 0.1) is 0 Å². The van der Waals surface area contributed by atoms with E-state index in [0.29, 0.717) is 24.6 Å². The summed E-state index contributed by atoms with van der Waals surface area (Å²) in [5.74, 6) is 0.532. The van der Waals surface area contributed by atoms with Gasteiger partial charge in [0.25, 0.3) is 5.56 Å². The molecule has 0 aromatic carbocycles. The van der Waals surface area contributed by atoms with Crippen LogP contribution in [0.3, 0.4) is 0 Å². The molecule has 5 nitrogen and oxygen atoms in total. The highest BCUT2D eigenvalue weighted by molar-refractivity contribution is 5.04. The summed E-state index contributed by atoms with van der Waals surface area (Å²) < 4.78 is 5.08. The Morgan fingerprint density at radius 1 is 1.69 bits per heavy atom. The van der Waals surface area contributed by atoms with Crippen molar-refractivity contribution in [3.05, 3.63) is 27.9 Å². The number of H-pyrrole nitrogens is 1. The molecule has 1 rings (SSSR count). The SMILES string of the molecule is CCOCc1ncc(CN)c(=O)[nH]1. The minimum Gasteiger partial charge on any atom is -0.374 e. The van der Waals surface area contributed by atoms with Crippen LogP contribution in [0.15, 0.2) is 11.0 Å². The van der Waals surface area contributed by atoms with E-state index in [2.05, 4.69) is 9.97 Å². The lowest BCUT2D eigenvalue weighted by Crippen LogP contribution is -2.19. The summed E-state index contributed by atoms with van der Waals surface area (Å²) in [6.07, 6.45) is 1.48. The Balaban J connectivity index is 2.77. The van der Waals surface area contributed by atoms with Gasteiger partial charge in [0.2, 0.25) is 0 Å². The molecule has 0 aliphatic carbocycles. The minimum atomic E-state index is -0.188. The van der Waals surface area contributed by atoms with Gasteiger partial charge >= 0.3 is 0 Å². The first kappa shape index (κ1) is 9.88. The van der Waals surface area contributed by atoms with Gasteiger partial charge in [-0.25, -0.2) is 4.98 Å². The third kappa shape index (κ3) is 2.64. The van der Waals surface area contributed by atoms with Crippen molar-refractivity contribution in [2.45, 2.75) is 20.1 Å². The van der Waals surface area contributed by atoms with Crippen LogP contribution in [-0.4, -0.2) is 16.6 Å². The predicted octanol–water partition coefficient (Wildman–Crippen LogP) is -0.235. The summed E-state index contributed by atoms with van der Waals surface area (Å²) in [4.78, 5) is 17.8. The number of ether oxygens (including phenoxy) is 1. The van der Waals surface area contributed by atoms with Gasteiger partial charge in [-0.3, -0.25) is 4.79 Å². The van der Waals surface area contributed by atoms with Crippen molar-refractivity contribution < 1.29 is 4.74 Å². The zero-order chi connectivity index (χ0) is 9.68. The highest BCUT2D eigenvalue weighted by atomic mass is 16.5. The third-order valence-corrected chi connectivity index (χ3v) is 1.59. The Morgan fingerprint density at radius 3 is 3.00 bits per heavy atom. The first-order valence-corrected chi connectivity index (χ1v) is 4.12. The topological polar surface area (TPSA) is 81.0 Å². The van der Waals surface area contributed by atoms with Crippen LogP contribution in [0.4, 0.5) is 0 Å². The molecule has 0 radical (unpaired) electrons. The smallest absolute Gasteiger partial charge is 0.255 e. The second kappa shape index (κ2) is 4.74. The zero-order valence-electron chi connectivity index (χ0n) is 7.54. The van der Waals surface area contributed by atoms with Crippen LogP contribution < -0.4 is 11.3 Å². The van der Waals surface area contributed by atoms with Gasteiger partial charge in [0.05, 0.1) is 0 Å². The van der Waals surface area contributed by atoms with Gasteiger partial charge in [-0.1, -0.05) is 0 Å². The summed E-state index contributed by atoms with van der Waals surface area (Å²) in [6, 6.07) is 0. The summed E-state index contributed by atoms with van der Waals surface area (Å²) in [5.41, 5.74) is 5.61. The third-order valence-electron chi connectivity index (χ3n) is 1.59. The number of aromatic amines is 1. The van der Waals surface area contributed by atoms with Crippen molar-refractivity contribution in [1.82, 2.24) is 9.97 Å². The normalized spacial score (nSPS) is 10.3. The summed E-state index contributed by atoms with van der Waals surface area (Å²) in [6.45, 7) is 3.02. The Morgan fingerprint density at radius 2 is 2.46 bits per heavy atom. The average Bonchev–Trinajstić information content (AvgIpc) is 2.15. The van der Waals surface area contributed by atoms with Crippen molar-refractivity contribution in [2.75, 3.05) is 6.61 Å². The summed E-state index contributed by atoms with van der Waals surface area (Å²) >= 11 is 0. The Bertz CT molecular complexity index is 321. The highest BCUT2D eigenvalue weighted by Gasteiger charge is 1.99. The van der Waals surface area contributed by atoms with Crippen LogP contribution >= 0.6 is 0 Å². The van der Waals surface area contributed by atoms with Gasteiger partial charge in [-0.2, -0.15) is 0 Å². The molecule has 0 saturated heterocycles. The molecule has 0 fully saturated rings. The molecular formula is C8H13N3O2. The molecule has 13 heavy (non-hydrogen) atoms. The lowest BCUT2D eigenvalue weighted by Gasteiger charge is -2.01. The molecule has 72 valence electrons. The molecule has 0 atom stereocenters. The van der Waals surface area contributed by atoms with Crippen molar-refractivity contribution >= 4 is 0 Å². The standard InChI is InChI=1S/C8H13N3O2/c1-2-13-5-7-10-4-6(3-9)8(12)11-7/h4H,2-3,5,9H2,1H3,(H,10,11,12). The Hall–Kier alpha value is -1.20. The van der Waals surface area contributed by atoms with E-state index < -0.39 is 0 Å². The monoisotopic (exact) mass is 183 g/mol. The number of hydrogen-bond donors (Lipinski definition) is 2. The summed E-state index contributed by atoms with van der Waals surface area (Å²) in [5, 5.41) is 0. The highest BCUT2D eigenvalue weighted by Crippen LogP contribution is 1.91. The second-order valence-electron chi connectivity index (χ2n) is 2.53. The molecule has 0 aliphatic rings. The van der Waals surface area contributed by atoms with E-state index in [1.54, 1.807) is 0 Å². The number of nitrogens with one attached hydrogen (secondary N) is 1. The van der Waals surface area contributed by atoms with Gasteiger partial charge in [-0.15, -0.1) is 0 Å². The first-order chi connectivity index (χ1) is 6.27. The van der Waals surface area contributed by atoms with E-state index in [1.807, 2.05) is 6.92 Å². The van der Waals surface area contributed by atoms with E-state index in [0.717, 1.165) is 0 Å². The number of nitrogens with two attached hydrogens (primary N) is 1. The molecule has 0 saturated carbocycles. The van der Waals surface area contributed by atoms with Crippen LogP contribution in [0.1, 0.15) is 18.3 Å². The van der Waals surface area contributed by atoms with Gasteiger partial charge in [0.1, 0.15) is 12.4 Å². The van der Waals surface area contributed by atoms with E-state index in [4.69, 9.17) is 10.5 Å². The number of nitrogens with zero attached hydrogens (tertiary/aromatic N) is 1. The molecule has 3 N–H and O–H groups in total. The molecule has 0 amide bonds. The van der Waals surface area contributed by atoms with Crippen LogP contribution in [0.2, 0.25) is 0 Å². The number of rotatable bonds is 4. The molecule has 1 aromatic heterocycles. The van der Waals surface area contributed by atoms with E-state index >= 15 is 0 Å². The molecule has 1 heterocycles. The molecule has 0 spiro atoms. The maximum absolute atomic E-state index is 11.2. The fourth-order valence-electron chi connectivity index (χ4n) is 0.876. The largest absolute Gasteiger partial charge is 0.374 e. The van der Waals surface area contributed by atoms with E-state index in [1.165, 1.54) is 6.20 Å². The lowest BCUT2D eigenvalue weighted by molar-refractivity contribution is 0.128. The fraction of sp³-hybridized carbons (Fsp3) is 0.500. The molecule has 0 aliphatic heterocycles. The van der Waals surface area contributed by atoms with Crippen LogP contribution in [0.25, 0.3) is 0 Å². The Labute approximate surface area is 75.9 Å². The number of hydrogen-bond acceptors (Lipinski definition) is 4. The first-order valence-electron chi connectivity index (χ1n) is 4.12. The van der Waals surface area contributed by atoms with E-state index in [-0.39, 0.29) is 12.1 Å². The molecule has 1 aromatic rings. The van der Waals surface area contributed by atoms with Gasteiger partial charge in [0.15, 0.2) is 0 Å². The van der Waals surface area contributed by atoms with Crippen LogP contribution in [0.5, 0.6) is 0 Å². The van der Waals surface area contributed by atoms with Gasteiger partial charge in [-0.05, 0) is 6.92 Å². The second-order valence-corrected chi connectivity index (χ2v) is 2.53. The summed E-state index contributed by atoms with van der Waals surface area (Å²) in [7, 11) is 0. The maximum Gasteiger partial charge on any atom is 0.255 e. The van der Waals surface area contributed by atoms with Crippen molar-refractivity contribution in [2.24, 2.45) is 5.73 Å². The predicted molar refractivity (Wildman–Crippen MR) is 48.1 cm³/mol. The van der Waals surface area contributed by atoms with Crippen molar-refractivity contribution in [3.8, 4) is 0 Å². The van der Waals surface area contributed by atoms with Crippen molar-refractivity contribution in [3.63, 3.8) is 0 Å². The Kier molecular flexibility index (Phi) is 3.60. The van der Waals surface area contributed by atoms with Crippen LogP contribution in [-0.2, 0) is 17.9 Å². The molecule has 0 bridgehead atoms. The van der Waals surface area contributed by atoms with Crippen molar-refractivity contribution in [1.29, 1.82) is 0 Å². The van der Waals surface area contributed by atoms with Gasteiger partial charge < -0.3 is 15.5 Å². The van der Waals surface area contributed by atoms with E-state index in [9.17, 15) is 4.79 Å². The zero-order valence-corrected chi connectivity index (χ0v) is 7.54. The minimum absolute atomic E-state index is 0.188. The average molecular weight is 183 g/mol. The fourth-order valence-corrected chi connectivity index (χ4v) is 0.876. The molecule has 5 heteroatoms. The lowest BCUT2D eigenvalue weighted by atomic mass is 10.3. The van der Waals surface area contributed by atoms with Gasteiger partial charge in [0, 0.05) is 24.9 Å².